The van der Waals surface area contributed by atoms with Gasteiger partial charge in [-0.2, -0.15) is 0 Å². The molecule has 2 amide bonds. The van der Waals surface area contributed by atoms with Gasteiger partial charge < -0.3 is 9.80 Å². The van der Waals surface area contributed by atoms with Crippen molar-refractivity contribution in [1.29, 1.82) is 0 Å². The Morgan fingerprint density at radius 3 is 2.62 bits per heavy atom. The van der Waals surface area contributed by atoms with Gasteiger partial charge in [0.15, 0.2) is 0 Å². The molecule has 0 N–H and O–H groups in total. The fraction of sp³-hybridized carbons (Fsp3) is 0.409. The van der Waals surface area contributed by atoms with E-state index in [9.17, 15) is 14.0 Å². The van der Waals surface area contributed by atoms with E-state index >= 15 is 0 Å². The first-order chi connectivity index (χ1) is 14.0. The van der Waals surface area contributed by atoms with Crippen molar-refractivity contribution >= 4 is 11.8 Å². The minimum Gasteiger partial charge on any atom is -0.340 e. The van der Waals surface area contributed by atoms with Crippen molar-refractivity contribution in [1.82, 2.24) is 19.7 Å². The highest BCUT2D eigenvalue weighted by Gasteiger charge is 2.27. The summed E-state index contributed by atoms with van der Waals surface area (Å²) in [5.74, 6) is -0.317. The van der Waals surface area contributed by atoms with Crippen LogP contribution in [0.25, 0.3) is 0 Å². The molecule has 1 aromatic carbocycles. The number of hydrogen-bond donors (Lipinski definition) is 0. The van der Waals surface area contributed by atoms with E-state index in [0.717, 1.165) is 18.5 Å². The molecule has 2 aromatic rings. The molecular formula is C22H27FN4O2. The molecule has 154 valence electrons. The summed E-state index contributed by atoms with van der Waals surface area (Å²) in [4.78, 5) is 35.1. The minimum atomic E-state index is -0.303. The second-order valence-corrected chi connectivity index (χ2v) is 7.42. The SMILES string of the molecule is CC(C(=O)N(C)Cc1cccc(F)c1)N1CCCN(C(=O)c2ccncc2)CC1. The van der Waals surface area contributed by atoms with Crippen LogP contribution in [0, 0.1) is 5.82 Å². The molecule has 0 bridgehead atoms. The molecule has 0 saturated carbocycles. The van der Waals surface area contributed by atoms with Crippen molar-refractivity contribution in [3.8, 4) is 0 Å². The van der Waals surface area contributed by atoms with Crippen molar-refractivity contribution in [3.05, 3.63) is 65.7 Å². The lowest BCUT2D eigenvalue weighted by Gasteiger charge is -2.30. The highest BCUT2D eigenvalue weighted by atomic mass is 19.1. The van der Waals surface area contributed by atoms with Crippen LogP contribution in [0.5, 0.6) is 0 Å². The van der Waals surface area contributed by atoms with Crippen molar-refractivity contribution in [2.45, 2.75) is 25.9 Å². The Hall–Kier alpha value is -2.80. The van der Waals surface area contributed by atoms with Crippen LogP contribution in [0.1, 0.15) is 29.3 Å². The predicted octanol–water partition coefficient (Wildman–Crippen LogP) is 2.42. The van der Waals surface area contributed by atoms with E-state index in [-0.39, 0.29) is 23.7 Å². The Morgan fingerprint density at radius 1 is 1.14 bits per heavy atom. The van der Waals surface area contributed by atoms with Crippen LogP contribution in [0.4, 0.5) is 4.39 Å². The van der Waals surface area contributed by atoms with Crippen molar-refractivity contribution in [2.75, 3.05) is 33.2 Å². The van der Waals surface area contributed by atoms with Gasteiger partial charge in [0.25, 0.3) is 5.91 Å². The average molecular weight is 398 g/mol. The Labute approximate surface area is 170 Å². The van der Waals surface area contributed by atoms with Gasteiger partial charge in [0, 0.05) is 57.7 Å². The molecular weight excluding hydrogens is 371 g/mol. The zero-order valence-electron chi connectivity index (χ0n) is 16.9. The summed E-state index contributed by atoms with van der Waals surface area (Å²) in [5.41, 5.74) is 1.39. The number of rotatable bonds is 5. The van der Waals surface area contributed by atoms with Crippen LogP contribution < -0.4 is 0 Å². The fourth-order valence-corrected chi connectivity index (χ4v) is 3.67. The lowest BCUT2D eigenvalue weighted by Crippen LogP contribution is -2.47. The Balaban J connectivity index is 1.57. The smallest absolute Gasteiger partial charge is 0.254 e. The zero-order valence-corrected chi connectivity index (χ0v) is 16.9. The van der Waals surface area contributed by atoms with Crippen molar-refractivity contribution < 1.29 is 14.0 Å². The van der Waals surface area contributed by atoms with Crippen LogP contribution in [0.3, 0.4) is 0 Å². The summed E-state index contributed by atoms with van der Waals surface area (Å²) < 4.78 is 13.4. The topological polar surface area (TPSA) is 56.8 Å². The van der Waals surface area contributed by atoms with E-state index in [1.165, 1.54) is 12.1 Å². The third-order valence-corrected chi connectivity index (χ3v) is 5.34. The van der Waals surface area contributed by atoms with Gasteiger partial charge in [0.1, 0.15) is 5.82 Å². The molecule has 0 aliphatic carbocycles. The van der Waals surface area contributed by atoms with Crippen LogP contribution in [0.15, 0.2) is 48.8 Å². The second-order valence-electron chi connectivity index (χ2n) is 7.42. The van der Waals surface area contributed by atoms with Gasteiger partial charge >= 0.3 is 0 Å². The Morgan fingerprint density at radius 2 is 1.90 bits per heavy atom. The molecule has 1 aliphatic heterocycles. The van der Waals surface area contributed by atoms with E-state index in [1.54, 1.807) is 42.5 Å². The molecule has 0 spiro atoms. The highest BCUT2D eigenvalue weighted by molar-refractivity contribution is 5.94. The van der Waals surface area contributed by atoms with Gasteiger partial charge in [-0.15, -0.1) is 0 Å². The quantitative estimate of drug-likeness (QED) is 0.776. The van der Waals surface area contributed by atoms with Gasteiger partial charge in [0.2, 0.25) is 5.91 Å². The Bertz CT molecular complexity index is 846. The summed E-state index contributed by atoms with van der Waals surface area (Å²) in [5, 5.41) is 0. The normalized spacial score (nSPS) is 16.2. The molecule has 0 radical (unpaired) electrons. The number of hydrogen-bond acceptors (Lipinski definition) is 4. The van der Waals surface area contributed by atoms with Crippen LogP contribution in [-0.4, -0.2) is 70.8 Å². The number of aromatic nitrogens is 1. The minimum absolute atomic E-state index is 0.00329. The summed E-state index contributed by atoms with van der Waals surface area (Å²) >= 11 is 0. The molecule has 1 fully saturated rings. The standard InChI is InChI=1S/C22H27FN4O2/c1-17(21(28)25(2)16-18-5-3-6-20(23)15-18)26-11-4-12-27(14-13-26)22(29)19-7-9-24-10-8-19/h3,5-10,15,17H,4,11-14,16H2,1-2H3. The molecule has 1 unspecified atom stereocenters. The summed E-state index contributed by atoms with van der Waals surface area (Å²) in [6.07, 6.45) is 4.04. The second kappa shape index (κ2) is 9.60. The highest BCUT2D eigenvalue weighted by Crippen LogP contribution is 2.13. The maximum absolute atomic E-state index is 13.4. The molecule has 6 nitrogen and oxygen atoms in total. The van der Waals surface area contributed by atoms with Gasteiger partial charge in [-0.1, -0.05) is 12.1 Å². The summed E-state index contributed by atoms with van der Waals surface area (Å²) in [6.45, 7) is 4.88. The monoisotopic (exact) mass is 398 g/mol. The first-order valence-electron chi connectivity index (χ1n) is 9.88. The maximum Gasteiger partial charge on any atom is 0.254 e. The molecule has 1 aliphatic rings. The molecule has 1 saturated heterocycles. The van der Waals surface area contributed by atoms with Gasteiger partial charge in [-0.25, -0.2) is 4.39 Å². The van der Waals surface area contributed by atoms with Gasteiger partial charge in [-0.05, 0) is 43.2 Å². The maximum atomic E-state index is 13.4. The first-order valence-corrected chi connectivity index (χ1v) is 9.88. The molecule has 1 aromatic heterocycles. The number of pyridine rings is 1. The number of carbonyl (C=O) groups is 2. The van der Waals surface area contributed by atoms with E-state index in [1.807, 2.05) is 17.9 Å². The van der Waals surface area contributed by atoms with Crippen molar-refractivity contribution in [3.63, 3.8) is 0 Å². The van der Waals surface area contributed by atoms with E-state index < -0.39 is 0 Å². The predicted molar refractivity (Wildman–Crippen MR) is 109 cm³/mol. The number of likely N-dealkylation sites (N-methyl/N-ethyl adjacent to an activating group) is 1. The third-order valence-electron chi connectivity index (χ3n) is 5.34. The third kappa shape index (κ3) is 5.38. The molecule has 3 rings (SSSR count). The van der Waals surface area contributed by atoms with Gasteiger partial charge in [0.05, 0.1) is 6.04 Å². The molecule has 29 heavy (non-hydrogen) atoms. The number of carbonyl (C=O) groups excluding carboxylic acids is 2. The summed E-state index contributed by atoms with van der Waals surface area (Å²) in [6, 6.07) is 9.44. The molecule has 2 heterocycles. The number of halogens is 1. The Kier molecular flexibility index (Phi) is 6.93. The zero-order chi connectivity index (χ0) is 20.8. The summed E-state index contributed by atoms with van der Waals surface area (Å²) in [7, 11) is 1.74. The lowest BCUT2D eigenvalue weighted by atomic mass is 10.2. The van der Waals surface area contributed by atoms with E-state index in [4.69, 9.17) is 0 Å². The average Bonchev–Trinajstić information content (AvgIpc) is 2.99. The number of nitrogens with zero attached hydrogens (tertiary/aromatic N) is 4. The van der Waals surface area contributed by atoms with Gasteiger partial charge in [-0.3, -0.25) is 19.5 Å². The van der Waals surface area contributed by atoms with Crippen molar-refractivity contribution in [2.24, 2.45) is 0 Å². The fourth-order valence-electron chi connectivity index (χ4n) is 3.67. The lowest BCUT2D eigenvalue weighted by molar-refractivity contribution is -0.135. The van der Waals surface area contributed by atoms with Crippen LogP contribution in [0.2, 0.25) is 0 Å². The largest absolute Gasteiger partial charge is 0.340 e. The van der Waals surface area contributed by atoms with E-state index in [2.05, 4.69) is 9.88 Å². The van der Waals surface area contributed by atoms with Crippen LogP contribution >= 0.6 is 0 Å². The number of benzene rings is 1. The van der Waals surface area contributed by atoms with Crippen LogP contribution in [-0.2, 0) is 11.3 Å². The van der Waals surface area contributed by atoms with E-state index in [0.29, 0.717) is 31.7 Å². The molecule has 1 atom stereocenters. The molecule has 7 heteroatoms. The number of amides is 2. The first kappa shape index (κ1) is 20.9.